The first-order valence-electron chi connectivity index (χ1n) is 6.46. The zero-order valence-corrected chi connectivity index (χ0v) is 12.6. The summed E-state index contributed by atoms with van der Waals surface area (Å²) in [6.07, 6.45) is 1.37. The van der Waals surface area contributed by atoms with Crippen LogP contribution in [0.1, 0.15) is 11.5 Å². The van der Waals surface area contributed by atoms with Crippen LogP contribution in [0.3, 0.4) is 0 Å². The van der Waals surface area contributed by atoms with Crippen molar-refractivity contribution in [2.45, 2.75) is 18.4 Å². The maximum absolute atomic E-state index is 12.4. The number of sulfonamides is 1. The van der Waals surface area contributed by atoms with Gasteiger partial charge in [-0.1, -0.05) is 5.16 Å². The normalized spacial score (nSPS) is 16.3. The molecule has 0 amide bonds. The van der Waals surface area contributed by atoms with E-state index in [1.165, 1.54) is 6.33 Å². The smallest absolute Gasteiger partial charge is 0.246 e. The van der Waals surface area contributed by atoms with Crippen molar-refractivity contribution >= 4 is 26.9 Å². The van der Waals surface area contributed by atoms with E-state index in [1.54, 1.807) is 18.5 Å². The number of aryl methyl sites for hydroxylation is 2. The zero-order valence-electron chi connectivity index (χ0n) is 11.8. The molecule has 0 aliphatic carbocycles. The third-order valence-electron chi connectivity index (χ3n) is 3.86. The third-order valence-corrected chi connectivity index (χ3v) is 5.40. The molecule has 1 aliphatic heterocycles. The van der Waals surface area contributed by atoms with E-state index in [0.29, 0.717) is 22.3 Å². The molecule has 4 rings (SSSR count). The van der Waals surface area contributed by atoms with Crippen LogP contribution in [0, 0.1) is 6.92 Å². The molecule has 0 saturated heterocycles. The molecule has 3 aromatic heterocycles. The van der Waals surface area contributed by atoms with Crippen molar-refractivity contribution in [1.29, 1.82) is 0 Å². The Morgan fingerprint density at radius 1 is 1.41 bits per heavy atom. The summed E-state index contributed by atoms with van der Waals surface area (Å²) in [4.78, 5) is 8.26. The number of hydrogen-bond donors (Lipinski definition) is 2. The van der Waals surface area contributed by atoms with Crippen LogP contribution in [-0.4, -0.2) is 28.1 Å². The first kappa shape index (κ1) is 13.2. The van der Waals surface area contributed by atoms with Crippen molar-refractivity contribution < 1.29 is 12.9 Å². The van der Waals surface area contributed by atoms with Crippen LogP contribution >= 0.6 is 0 Å². The number of hydrogen-bond acceptors (Lipinski definition) is 7. The number of nitrogen functional groups attached to an aromatic ring is 1. The van der Waals surface area contributed by atoms with Crippen molar-refractivity contribution in [3.63, 3.8) is 0 Å². The predicted octanol–water partition coefficient (Wildman–Crippen LogP) is 0.306. The minimum absolute atomic E-state index is 0.0296. The van der Waals surface area contributed by atoms with Gasteiger partial charge in [-0.2, -0.15) is 0 Å². The maximum Gasteiger partial charge on any atom is 0.246 e. The van der Waals surface area contributed by atoms with Gasteiger partial charge >= 0.3 is 0 Å². The van der Waals surface area contributed by atoms with E-state index < -0.39 is 10.0 Å². The van der Waals surface area contributed by atoms with E-state index in [0.717, 1.165) is 0 Å². The van der Waals surface area contributed by atoms with Gasteiger partial charge in [-0.15, -0.1) is 0 Å². The minimum atomic E-state index is -3.70. The molecule has 114 valence electrons. The molecule has 1 aliphatic rings. The summed E-state index contributed by atoms with van der Waals surface area (Å²) >= 11 is 0. The summed E-state index contributed by atoms with van der Waals surface area (Å²) in [7, 11) is -1.91. The van der Waals surface area contributed by atoms with Gasteiger partial charge in [0.25, 0.3) is 0 Å². The average Bonchev–Trinajstić information content (AvgIpc) is 2.93. The second-order valence-electron chi connectivity index (χ2n) is 5.08. The lowest BCUT2D eigenvalue weighted by molar-refractivity contribution is 0.395. The highest BCUT2D eigenvalue weighted by molar-refractivity contribution is 7.89. The van der Waals surface area contributed by atoms with Crippen molar-refractivity contribution in [2.75, 3.05) is 5.73 Å². The first-order valence-corrected chi connectivity index (χ1v) is 7.94. The Morgan fingerprint density at radius 2 is 2.18 bits per heavy atom. The summed E-state index contributed by atoms with van der Waals surface area (Å²) in [5.74, 6) is 0.496. The Kier molecular flexibility index (Phi) is 2.43. The molecular formula is C12H12N6O3S. The second-order valence-corrected chi connectivity index (χ2v) is 6.78. The van der Waals surface area contributed by atoms with Crippen LogP contribution in [0.2, 0.25) is 0 Å². The van der Waals surface area contributed by atoms with Crippen molar-refractivity contribution in [1.82, 2.24) is 24.4 Å². The summed E-state index contributed by atoms with van der Waals surface area (Å²) in [5, 5.41) is 4.52. The van der Waals surface area contributed by atoms with Gasteiger partial charge in [0, 0.05) is 18.3 Å². The quantitative estimate of drug-likeness (QED) is 0.609. The Morgan fingerprint density at radius 3 is 2.95 bits per heavy atom. The highest BCUT2D eigenvalue weighted by Crippen LogP contribution is 2.41. The lowest BCUT2D eigenvalue weighted by Gasteiger charge is -2.04. The lowest BCUT2D eigenvalue weighted by atomic mass is 10.1. The number of fused-ring (bicyclic) bond motifs is 5. The molecule has 0 bridgehead atoms. The van der Waals surface area contributed by atoms with Crippen molar-refractivity contribution in [3.8, 4) is 11.3 Å². The van der Waals surface area contributed by atoms with Gasteiger partial charge in [-0.05, 0) is 6.92 Å². The van der Waals surface area contributed by atoms with Crippen molar-refractivity contribution in [3.05, 3.63) is 17.8 Å². The van der Waals surface area contributed by atoms with E-state index >= 15 is 0 Å². The Balaban J connectivity index is 2.24. The average molecular weight is 320 g/mol. The highest BCUT2D eigenvalue weighted by Gasteiger charge is 2.35. The van der Waals surface area contributed by atoms with Gasteiger partial charge in [0.05, 0.1) is 11.9 Å². The molecule has 0 atom stereocenters. The van der Waals surface area contributed by atoms with Crippen LogP contribution in [0.4, 0.5) is 5.82 Å². The SMILES string of the molecule is Cc1onc2c1S(=O)(=O)NCc1c-2c2c(N)ncnc2n1C. The summed E-state index contributed by atoms with van der Waals surface area (Å²) in [6, 6.07) is 0. The van der Waals surface area contributed by atoms with Crippen LogP contribution < -0.4 is 10.5 Å². The Hall–Kier alpha value is -2.46. The van der Waals surface area contributed by atoms with Crippen molar-refractivity contribution in [2.24, 2.45) is 7.05 Å². The zero-order chi connectivity index (χ0) is 15.6. The van der Waals surface area contributed by atoms with Crippen LogP contribution in [0.25, 0.3) is 22.3 Å². The van der Waals surface area contributed by atoms with E-state index in [2.05, 4.69) is 19.8 Å². The minimum Gasteiger partial charge on any atom is -0.383 e. The number of rotatable bonds is 0. The molecule has 0 radical (unpaired) electrons. The van der Waals surface area contributed by atoms with E-state index in [-0.39, 0.29) is 28.7 Å². The fourth-order valence-corrected chi connectivity index (χ4v) is 4.14. The summed E-state index contributed by atoms with van der Waals surface area (Å²) < 4.78 is 34.2. The highest BCUT2D eigenvalue weighted by atomic mass is 32.2. The van der Waals surface area contributed by atoms with Gasteiger partial charge in [0.2, 0.25) is 10.0 Å². The molecule has 0 fully saturated rings. The lowest BCUT2D eigenvalue weighted by Crippen LogP contribution is -2.23. The number of aromatic nitrogens is 4. The fraction of sp³-hybridized carbons (Fsp3) is 0.250. The van der Waals surface area contributed by atoms with E-state index in [9.17, 15) is 8.42 Å². The van der Waals surface area contributed by atoms with Gasteiger partial charge in [-0.25, -0.2) is 23.1 Å². The molecule has 0 unspecified atom stereocenters. The monoisotopic (exact) mass is 320 g/mol. The van der Waals surface area contributed by atoms with Gasteiger partial charge in [-0.3, -0.25) is 0 Å². The van der Waals surface area contributed by atoms with Gasteiger partial charge < -0.3 is 14.8 Å². The molecule has 0 spiro atoms. The first-order chi connectivity index (χ1) is 10.4. The number of nitrogens with one attached hydrogen (secondary N) is 1. The molecule has 22 heavy (non-hydrogen) atoms. The molecule has 0 saturated carbocycles. The number of nitrogens with two attached hydrogens (primary N) is 1. The maximum atomic E-state index is 12.4. The predicted molar refractivity (Wildman–Crippen MR) is 77.2 cm³/mol. The van der Waals surface area contributed by atoms with Gasteiger partial charge in [0.15, 0.2) is 10.7 Å². The molecule has 0 aromatic carbocycles. The molecule has 3 aromatic rings. The molecular weight excluding hydrogens is 308 g/mol. The fourth-order valence-electron chi connectivity index (χ4n) is 2.86. The van der Waals surface area contributed by atoms with E-state index in [1.807, 2.05) is 0 Å². The van der Waals surface area contributed by atoms with E-state index in [4.69, 9.17) is 10.3 Å². The Labute approximate surface area is 125 Å². The topological polar surface area (TPSA) is 129 Å². The largest absolute Gasteiger partial charge is 0.383 e. The number of nitrogens with zero attached hydrogens (tertiary/aromatic N) is 4. The molecule has 3 N–H and O–H groups in total. The standard InChI is InChI=1S/C12H12N6O3S/c1-5-10-9(17-21-5)7-6(3-16-22(10,19)20)18(2)12-8(7)11(13)14-4-15-12/h4,16H,3H2,1-2H3,(H2,13,14,15). The summed E-state index contributed by atoms with van der Waals surface area (Å²) in [6.45, 7) is 1.67. The van der Waals surface area contributed by atoms with Gasteiger partial charge in [0.1, 0.15) is 23.5 Å². The molecule has 9 nitrogen and oxygen atoms in total. The second kappa shape index (κ2) is 4.05. The Bertz CT molecular complexity index is 1030. The van der Waals surface area contributed by atoms with Crippen LogP contribution in [0.5, 0.6) is 0 Å². The summed E-state index contributed by atoms with van der Waals surface area (Å²) in [5.41, 5.74) is 8.14. The third kappa shape index (κ3) is 1.50. The molecule has 10 heteroatoms. The van der Waals surface area contributed by atoms with Crippen LogP contribution in [-0.2, 0) is 23.6 Å². The number of anilines is 1. The molecule has 4 heterocycles. The van der Waals surface area contributed by atoms with Crippen LogP contribution in [0.15, 0.2) is 15.7 Å².